The number of halogens is 1. The van der Waals surface area contributed by atoms with Gasteiger partial charge in [0.2, 0.25) is 0 Å². The lowest BCUT2D eigenvalue weighted by atomic mass is 10.1. The van der Waals surface area contributed by atoms with Crippen LogP contribution in [0.4, 0.5) is 4.39 Å². The Hall–Kier alpha value is -3.77. The molecule has 0 unspecified atom stereocenters. The van der Waals surface area contributed by atoms with E-state index in [1.54, 1.807) is 18.2 Å². The van der Waals surface area contributed by atoms with E-state index in [-0.39, 0.29) is 24.0 Å². The molecule has 0 atom stereocenters. The third-order valence-electron chi connectivity index (χ3n) is 5.04. The zero-order valence-electron chi connectivity index (χ0n) is 17.6. The lowest BCUT2D eigenvalue weighted by Crippen LogP contribution is -2.23. The summed E-state index contributed by atoms with van der Waals surface area (Å²) in [5, 5.41) is 6.72. The largest absolute Gasteiger partial charge is 0.359 e. The summed E-state index contributed by atoms with van der Waals surface area (Å²) in [5.41, 5.74) is 3.42. The molecule has 3 aromatic carbocycles. The molecular weight excluding hydrogens is 405 g/mol. The van der Waals surface area contributed by atoms with E-state index in [1.807, 2.05) is 36.4 Å². The smallest absolute Gasteiger partial charge is 0.273 e. The van der Waals surface area contributed by atoms with Crippen LogP contribution in [0.25, 0.3) is 0 Å². The van der Waals surface area contributed by atoms with Crippen molar-refractivity contribution < 1.29 is 13.7 Å². The van der Waals surface area contributed by atoms with Crippen LogP contribution in [0.5, 0.6) is 0 Å². The van der Waals surface area contributed by atoms with Crippen molar-refractivity contribution in [3.8, 4) is 0 Å². The third-order valence-corrected chi connectivity index (χ3v) is 5.04. The highest BCUT2D eigenvalue weighted by atomic mass is 19.1. The molecule has 4 rings (SSSR count). The summed E-state index contributed by atoms with van der Waals surface area (Å²) in [7, 11) is 0. The van der Waals surface area contributed by atoms with Crippen LogP contribution in [0.3, 0.4) is 0 Å². The van der Waals surface area contributed by atoms with Crippen LogP contribution in [-0.2, 0) is 26.2 Å². The molecule has 0 saturated heterocycles. The van der Waals surface area contributed by atoms with E-state index in [0.29, 0.717) is 12.3 Å². The van der Waals surface area contributed by atoms with Crippen molar-refractivity contribution in [1.29, 1.82) is 0 Å². The van der Waals surface area contributed by atoms with Gasteiger partial charge >= 0.3 is 0 Å². The standard InChI is InChI=1S/C26H24FN3O2/c27-23-13-11-20(12-14-23)16-28-26(31)25-15-24(32-29-25)19-30(17-21-7-3-1-4-8-21)18-22-9-5-2-6-10-22/h1-15H,16-19H2,(H,28,31). The van der Waals surface area contributed by atoms with Gasteiger partial charge < -0.3 is 9.84 Å². The Morgan fingerprint density at radius 2 is 1.41 bits per heavy atom. The Kier molecular flexibility index (Phi) is 7.05. The molecule has 1 N–H and O–H groups in total. The highest BCUT2D eigenvalue weighted by Crippen LogP contribution is 2.15. The van der Waals surface area contributed by atoms with Crippen LogP contribution < -0.4 is 5.32 Å². The SMILES string of the molecule is O=C(NCc1ccc(F)cc1)c1cc(CN(Cc2ccccc2)Cc2ccccc2)on1. The van der Waals surface area contributed by atoms with Gasteiger partial charge in [0.15, 0.2) is 11.5 Å². The third kappa shape index (κ3) is 6.12. The van der Waals surface area contributed by atoms with Crippen molar-refractivity contribution in [2.75, 3.05) is 0 Å². The molecule has 1 amide bonds. The highest BCUT2D eigenvalue weighted by Gasteiger charge is 2.16. The number of aromatic nitrogens is 1. The summed E-state index contributed by atoms with van der Waals surface area (Å²) in [6, 6.07) is 28.1. The van der Waals surface area contributed by atoms with Gasteiger partial charge in [-0.3, -0.25) is 9.69 Å². The van der Waals surface area contributed by atoms with Crippen molar-refractivity contribution in [2.45, 2.75) is 26.2 Å². The Balaban J connectivity index is 1.40. The highest BCUT2D eigenvalue weighted by molar-refractivity contribution is 5.92. The fourth-order valence-electron chi connectivity index (χ4n) is 3.44. The molecule has 0 aliphatic carbocycles. The van der Waals surface area contributed by atoms with Crippen molar-refractivity contribution in [3.63, 3.8) is 0 Å². The normalized spacial score (nSPS) is 10.9. The van der Waals surface area contributed by atoms with E-state index in [9.17, 15) is 9.18 Å². The predicted molar refractivity (Wildman–Crippen MR) is 120 cm³/mol. The van der Waals surface area contributed by atoms with E-state index < -0.39 is 0 Å². The van der Waals surface area contributed by atoms with E-state index in [0.717, 1.165) is 18.7 Å². The zero-order valence-corrected chi connectivity index (χ0v) is 17.6. The maximum atomic E-state index is 13.0. The minimum absolute atomic E-state index is 0.224. The zero-order chi connectivity index (χ0) is 22.2. The van der Waals surface area contributed by atoms with Crippen LogP contribution in [0, 0.1) is 5.82 Å². The first kappa shape index (κ1) is 21.5. The Morgan fingerprint density at radius 3 is 2.00 bits per heavy atom. The molecule has 0 fully saturated rings. The number of hydrogen-bond donors (Lipinski definition) is 1. The minimum atomic E-state index is -0.331. The first-order valence-electron chi connectivity index (χ1n) is 10.4. The van der Waals surface area contributed by atoms with Gasteiger partial charge in [0.25, 0.3) is 5.91 Å². The fraction of sp³-hybridized carbons (Fsp3) is 0.154. The van der Waals surface area contributed by atoms with Gasteiger partial charge in [0.1, 0.15) is 5.82 Å². The van der Waals surface area contributed by atoms with Gasteiger partial charge in [-0.2, -0.15) is 0 Å². The average molecular weight is 429 g/mol. The van der Waals surface area contributed by atoms with Crippen molar-refractivity contribution in [3.05, 3.63) is 125 Å². The maximum absolute atomic E-state index is 13.0. The Bertz CT molecular complexity index is 1090. The number of nitrogens with one attached hydrogen (secondary N) is 1. The number of nitrogens with zero attached hydrogens (tertiary/aromatic N) is 2. The van der Waals surface area contributed by atoms with E-state index in [2.05, 4.69) is 39.6 Å². The van der Waals surface area contributed by atoms with E-state index in [1.165, 1.54) is 23.3 Å². The molecule has 0 spiro atoms. The number of carbonyl (C=O) groups is 1. The first-order valence-corrected chi connectivity index (χ1v) is 10.4. The van der Waals surface area contributed by atoms with Crippen molar-refractivity contribution >= 4 is 5.91 Å². The Morgan fingerprint density at radius 1 is 0.812 bits per heavy atom. The number of carbonyl (C=O) groups excluding carboxylic acids is 1. The molecule has 0 bridgehead atoms. The van der Waals surface area contributed by atoms with Crippen molar-refractivity contribution in [2.24, 2.45) is 0 Å². The predicted octanol–water partition coefficient (Wildman–Crippen LogP) is 4.95. The first-order chi connectivity index (χ1) is 15.7. The second-order valence-corrected chi connectivity index (χ2v) is 7.60. The molecule has 0 aliphatic rings. The lowest BCUT2D eigenvalue weighted by Gasteiger charge is -2.21. The van der Waals surface area contributed by atoms with Gasteiger partial charge in [0.05, 0.1) is 6.54 Å². The number of hydrogen-bond acceptors (Lipinski definition) is 4. The molecule has 0 saturated carbocycles. The van der Waals surface area contributed by atoms with Crippen LogP contribution in [0.1, 0.15) is 32.9 Å². The van der Waals surface area contributed by atoms with E-state index >= 15 is 0 Å². The molecule has 0 radical (unpaired) electrons. The second-order valence-electron chi connectivity index (χ2n) is 7.60. The number of benzene rings is 3. The molecule has 1 heterocycles. The van der Waals surface area contributed by atoms with Gasteiger partial charge in [-0.1, -0.05) is 78.0 Å². The average Bonchev–Trinajstić information content (AvgIpc) is 3.28. The summed E-state index contributed by atoms with van der Waals surface area (Å²) >= 11 is 0. The molecule has 0 aliphatic heterocycles. The lowest BCUT2D eigenvalue weighted by molar-refractivity contribution is 0.0941. The van der Waals surface area contributed by atoms with Crippen LogP contribution in [0.15, 0.2) is 95.5 Å². The van der Waals surface area contributed by atoms with Crippen molar-refractivity contribution in [1.82, 2.24) is 15.4 Å². The fourth-order valence-corrected chi connectivity index (χ4v) is 3.44. The molecule has 4 aromatic rings. The number of amides is 1. The van der Waals surface area contributed by atoms with Gasteiger partial charge in [-0.05, 0) is 28.8 Å². The summed E-state index contributed by atoms with van der Waals surface area (Å²) in [5.74, 6) is -0.0254. The summed E-state index contributed by atoms with van der Waals surface area (Å²) in [4.78, 5) is 14.7. The molecule has 5 nitrogen and oxygen atoms in total. The molecule has 32 heavy (non-hydrogen) atoms. The quantitative estimate of drug-likeness (QED) is 0.409. The van der Waals surface area contributed by atoms with Gasteiger partial charge in [-0.25, -0.2) is 4.39 Å². The van der Waals surface area contributed by atoms with Gasteiger partial charge in [0, 0.05) is 25.7 Å². The Labute approximate surface area is 186 Å². The summed E-state index contributed by atoms with van der Waals surface area (Å²) in [6.45, 7) is 2.28. The minimum Gasteiger partial charge on any atom is -0.359 e. The molecule has 6 heteroatoms. The molecule has 162 valence electrons. The summed E-state index contributed by atoms with van der Waals surface area (Å²) < 4.78 is 18.5. The summed E-state index contributed by atoms with van der Waals surface area (Å²) in [6.07, 6.45) is 0. The number of rotatable bonds is 9. The maximum Gasteiger partial charge on any atom is 0.273 e. The monoisotopic (exact) mass is 429 g/mol. The van der Waals surface area contributed by atoms with Crippen LogP contribution in [-0.4, -0.2) is 16.0 Å². The van der Waals surface area contributed by atoms with Gasteiger partial charge in [-0.15, -0.1) is 0 Å². The molecule has 1 aromatic heterocycles. The molecular formula is C26H24FN3O2. The van der Waals surface area contributed by atoms with Crippen LogP contribution in [0.2, 0.25) is 0 Å². The topological polar surface area (TPSA) is 58.4 Å². The van der Waals surface area contributed by atoms with E-state index in [4.69, 9.17) is 4.52 Å². The van der Waals surface area contributed by atoms with Crippen LogP contribution >= 0.6 is 0 Å². The second kappa shape index (κ2) is 10.5.